The second-order valence-electron chi connectivity index (χ2n) is 7.33. The predicted octanol–water partition coefficient (Wildman–Crippen LogP) is 1.62. The van der Waals surface area contributed by atoms with Crippen molar-refractivity contribution >= 4 is 28.6 Å². The van der Waals surface area contributed by atoms with Gasteiger partial charge in [0.1, 0.15) is 24.1 Å². The van der Waals surface area contributed by atoms with Crippen molar-refractivity contribution in [3.63, 3.8) is 0 Å². The van der Waals surface area contributed by atoms with E-state index < -0.39 is 6.10 Å². The maximum atomic E-state index is 9.85. The van der Waals surface area contributed by atoms with Crippen LogP contribution in [0, 0.1) is 0 Å². The minimum atomic E-state index is -0.635. The zero-order chi connectivity index (χ0) is 20.7. The highest BCUT2D eigenvalue weighted by atomic mass is 35.5. The molecule has 4 atom stereocenters. The highest BCUT2D eigenvalue weighted by molar-refractivity contribution is 6.33. The number of nitrogens with one attached hydrogen (secondary N) is 2. The monoisotopic (exact) mass is 432 g/mol. The smallest absolute Gasteiger partial charge is 0.296 e. The van der Waals surface area contributed by atoms with Crippen molar-refractivity contribution in [2.45, 2.75) is 37.6 Å². The summed E-state index contributed by atoms with van der Waals surface area (Å²) in [5.74, 6) is 0.487. The van der Waals surface area contributed by atoms with Crippen LogP contribution in [0.5, 0.6) is 6.01 Å². The molecule has 2 aliphatic rings. The van der Waals surface area contributed by atoms with Gasteiger partial charge in [-0.25, -0.2) is 4.98 Å². The number of hydrogen-bond acceptors (Lipinski definition) is 8. The van der Waals surface area contributed by atoms with Gasteiger partial charge in [0.2, 0.25) is 0 Å². The molecule has 2 aliphatic heterocycles. The van der Waals surface area contributed by atoms with Crippen LogP contribution in [0.25, 0.3) is 11.2 Å². The van der Waals surface area contributed by atoms with Crippen LogP contribution >= 0.6 is 11.6 Å². The zero-order valence-corrected chi connectivity index (χ0v) is 16.7. The van der Waals surface area contributed by atoms with Gasteiger partial charge >= 0.3 is 0 Å². The summed E-state index contributed by atoms with van der Waals surface area (Å²) >= 11 is 6.38. The predicted molar refractivity (Wildman–Crippen MR) is 108 cm³/mol. The van der Waals surface area contributed by atoms with Crippen molar-refractivity contribution in [3.8, 4) is 6.01 Å². The number of H-pyrrole nitrogens is 1. The van der Waals surface area contributed by atoms with Crippen molar-refractivity contribution < 1.29 is 24.4 Å². The number of hydrogen-bond donors (Lipinski definition) is 4. The van der Waals surface area contributed by atoms with Gasteiger partial charge < -0.3 is 34.7 Å². The molecule has 4 N–H and O–H groups in total. The van der Waals surface area contributed by atoms with Gasteiger partial charge in [-0.05, 0) is 17.2 Å². The van der Waals surface area contributed by atoms with Gasteiger partial charge in [-0.2, -0.15) is 4.98 Å². The number of benzene rings is 1. The fraction of sp³-hybridized carbons (Fsp3) is 0.400. The van der Waals surface area contributed by atoms with Gasteiger partial charge in [0.05, 0.1) is 30.4 Å². The third kappa shape index (κ3) is 3.59. The fourth-order valence-electron chi connectivity index (χ4n) is 3.83. The van der Waals surface area contributed by atoms with Crippen LogP contribution in [0.3, 0.4) is 0 Å². The first-order chi connectivity index (χ1) is 14.6. The molecule has 30 heavy (non-hydrogen) atoms. The lowest BCUT2D eigenvalue weighted by atomic mass is 10.1. The first kappa shape index (κ1) is 19.5. The van der Waals surface area contributed by atoms with E-state index in [4.69, 9.17) is 25.8 Å². The summed E-state index contributed by atoms with van der Waals surface area (Å²) < 4.78 is 17.0. The number of halogens is 1. The molecule has 158 valence electrons. The lowest BCUT2D eigenvalue weighted by molar-refractivity contribution is 0.00706. The maximum absolute atomic E-state index is 9.85. The Morgan fingerprint density at radius 1 is 1.17 bits per heavy atom. The largest absolute Gasteiger partial charge is 0.456 e. The number of aliphatic hydroxyl groups is 2. The number of aliphatic hydroxyl groups excluding tert-OH is 2. The van der Waals surface area contributed by atoms with Crippen molar-refractivity contribution in [2.75, 3.05) is 18.5 Å². The van der Waals surface area contributed by atoms with Crippen molar-refractivity contribution in [2.24, 2.45) is 0 Å². The molecule has 2 fully saturated rings. The highest BCUT2D eigenvalue weighted by Crippen LogP contribution is 2.31. The van der Waals surface area contributed by atoms with Gasteiger partial charge in [0.25, 0.3) is 6.01 Å². The van der Waals surface area contributed by atoms with E-state index in [0.717, 1.165) is 11.1 Å². The van der Waals surface area contributed by atoms with E-state index in [9.17, 15) is 10.2 Å². The first-order valence-electron chi connectivity index (χ1n) is 9.68. The Balaban J connectivity index is 1.32. The molecule has 5 rings (SSSR count). The van der Waals surface area contributed by atoms with E-state index in [0.29, 0.717) is 35.2 Å². The molecule has 1 aromatic carbocycles. The van der Waals surface area contributed by atoms with Gasteiger partial charge in [-0.15, -0.1) is 0 Å². The van der Waals surface area contributed by atoms with E-state index in [-0.39, 0.29) is 37.5 Å². The Bertz CT molecular complexity index is 1060. The standard InChI is InChI=1S/C20H21ClN4O5/c21-12-5-13-19(24-18(12)22-6-10-3-1-2-4-11(10)7-26)25-20(23-13)30-15-9-29-16-14(27)8-28-17(15)16/h1-5,14-17,26-27H,6-9H2,(H2,22,23,24,25)/t14-,15-,16-,17-/m1/s1. The number of aromatic nitrogens is 3. The molecule has 2 saturated heterocycles. The third-order valence-electron chi connectivity index (χ3n) is 5.38. The van der Waals surface area contributed by atoms with Crippen LogP contribution in [0.1, 0.15) is 11.1 Å². The molecule has 0 amide bonds. The highest BCUT2D eigenvalue weighted by Gasteiger charge is 2.48. The topological polar surface area (TPSA) is 122 Å². The van der Waals surface area contributed by atoms with Crippen LogP contribution in [-0.2, 0) is 22.6 Å². The van der Waals surface area contributed by atoms with E-state index in [1.54, 1.807) is 6.07 Å². The van der Waals surface area contributed by atoms with Crippen molar-refractivity contribution in [1.82, 2.24) is 15.0 Å². The number of nitrogens with zero attached hydrogens (tertiary/aromatic N) is 2. The molecule has 4 heterocycles. The lowest BCUT2D eigenvalue weighted by Crippen LogP contribution is -2.34. The fourth-order valence-corrected chi connectivity index (χ4v) is 4.05. The van der Waals surface area contributed by atoms with Gasteiger partial charge in [0.15, 0.2) is 11.8 Å². The maximum Gasteiger partial charge on any atom is 0.296 e. The van der Waals surface area contributed by atoms with Crippen molar-refractivity contribution in [3.05, 3.63) is 46.5 Å². The average molecular weight is 433 g/mol. The van der Waals surface area contributed by atoms with Gasteiger partial charge in [-0.3, -0.25) is 0 Å². The number of ether oxygens (including phenoxy) is 3. The Kier molecular flexibility index (Phi) is 5.21. The quantitative estimate of drug-likeness (QED) is 0.463. The zero-order valence-electron chi connectivity index (χ0n) is 15.9. The molecular formula is C20H21ClN4O5. The van der Waals surface area contributed by atoms with E-state index in [2.05, 4.69) is 20.3 Å². The minimum absolute atomic E-state index is 0.0361. The van der Waals surface area contributed by atoms with E-state index >= 15 is 0 Å². The summed E-state index contributed by atoms with van der Waals surface area (Å²) in [4.78, 5) is 11.9. The Morgan fingerprint density at radius 2 is 1.97 bits per heavy atom. The Morgan fingerprint density at radius 3 is 2.80 bits per heavy atom. The third-order valence-corrected chi connectivity index (χ3v) is 5.67. The van der Waals surface area contributed by atoms with E-state index in [1.807, 2.05) is 24.3 Å². The molecule has 9 nitrogen and oxygen atoms in total. The summed E-state index contributed by atoms with van der Waals surface area (Å²) in [6.07, 6.45) is -1.70. The molecule has 0 bridgehead atoms. The SMILES string of the molecule is OCc1ccccc1CNc1nc2nc(O[C@@H]3CO[C@H]4[C@@H]3OC[C@H]4O)[nH]c2cc1Cl. The summed E-state index contributed by atoms with van der Waals surface area (Å²) in [7, 11) is 0. The normalized spacial score (nSPS) is 25.6. The molecule has 0 aliphatic carbocycles. The summed E-state index contributed by atoms with van der Waals surface area (Å²) in [6.45, 7) is 0.978. The Labute approximate surface area is 177 Å². The number of anilines is 1. The molecule has 2 aromatic heterocycles. The second kappa shape index (κ2) is 8.01. The molecule has 10 heteroatoms. The lowest BCUT2D eigenvalue weighted by Gasteiger charge is -2.15. The Hall–Kier alpha value is -2.43. The summed E-state index contributed by atoms with van der Waals surface area (Å²) in [5.41, 5.74) is 2.89. The molecule has 0 spiro atoms. The summed E-state index contributed by atoms with van der Waals surface area (Å²) in [6, 6.07) is 9.62. The van der Waals surface area contributed by atoms with E-state index in [1.165, 1.54) is 0 Å². The van der Waals surface area contributed by atoms with Crippen LogP contribution < -0.4 is 10.1 Å². The molecule has 0 radical (unpaired) electrons. The van der Waals surface area contributed by atoms with Crippen LogP contribution in [-0.4, -0.2) is 62.8 Å². The van der Waals surface area contributed by atoms with Crippen molar-refractivity contribution in [1.29, 1.82) is 0 Å². The molecule has 0 saturated carbocycles. The van der Waals surface area contributed by atoms with Gasteiger partial charge in [-0.1, -0.05) is 35.9 Å². The second-order valence-corrected chi connectivity index (χ2v) is 7.74. The number of rotatable bonds is 6. The molecular weight excluding hydrogens is 412 g/mol. The van der Waals surface area contributed by atoms with Gasteiger partial charge in [0, 0.05) is 6.54 Å². The molecule has 0 unspecified atom stereocenters. The van der Waals surface area contributed by atoms with Crippen LogP contribution in [0.15, 0.2) is 30.3 Å². The number of aromatic amines is 1. The number of fused-ring (bicyclic) bond motifs is 2. The van der Waals surface area contributed by atoms with Crippen LogP contribution in [0.2, 0.25) is 5.02 Å². The minimum Gasteiger partial charge on any atom is -0.456 e. The first-order valence-corrected chi connectivity index (χ1v) is 10.1. The molecule has 3 aromatic rings. The number of imidazole rings is 1. The average Bonchev–Trinajstić information content (AvgIpc) is 3.43. The summed E-state index contributed by atoms with van der Waals surface area (Å²) in [5, 5.41) is 23.0. The number of pyridine rings is 1. The van der Waals surface area contributed by atoms with Crippen LogP contribution in [0.4, 0.5) is 5.82 Å².